The van der Waals surface area contributed by atoms with Gasteiger partial charge in [0.25, 0.3) is 0 Å². The van der Waals surface area contributed by atoms with E-state index in [-0.39, 0.29) is 0 Å². The molecule has 0 radical (unpaired) electrons. The number of hydrogen-bond donors (Lipinski definition) is 1. The molecule has 2 nitrogen and oxygen atoms in total. The fourth-order valence-electron chi connectivity index (χ4n) is 3.76. The first-order chi connectivity index (χ1) is 12.1. The van der Waals surface area contributed by atoms with E-state index < -0.39 is 0 Å². The lowest BCUT2D eigenvalue weighted by atomic mass is 9.87. The van der Waals surface area contributed by atoms with Crippen molar-refractivity contribution in [2.24, 2.45) is 0 Å². The highest BCUT2D eigenvalue weighted by Gasteiger charge is 2.32. The molecule has 0 aromatic heterocycles. The third-order valence-corrected chi connectivity index (χ3v) is 5.23. The molecule has 1 heterocycles. The normalized spacial score (nSPS) is 20.0. The molecule has 0 fully saturated rings. The summed E-state index contributed by atoms with van der Waals surface area (Å²) in [6, 6.07) is 0.420. The zero-order chi connectivity index (χ0) is 18.2. The number of unbranched alkanes of at least 4 members (excludes halogenated alkanes) is 4. The largest absolute Gasteiger partial charge is 0.488 e. The first-order valence-electron chi connectivity index (χ1n) is 9.51. The van der Waals surface area contributed by atoms with Crippen LogP contribution in [-0.2, 0) is 4.74 Å². The van der Waals surface area contributed by atoms with Crippen LogP contribution in [0.3, 0.4) is 0 Å². The molecule has 1 aliphatic heterocycles. The molecule has 0 bridgehead atoms. The van der Waals surface area contributed by atoms with Crippen molar-refractivity contribution in [1.82, 2.24) is 4.90 Å². The number of rotatable bonds is 10. The van der Waals surface area contributed by atoms with Crippen molar-refractivity contribution in [3.63, 3.8) is 0 Å². The first-order valence-corrected chi connectivity index (χ1v) is 9.96. The van der Waals surface area contributed by atoms with E-state index in [2.05, 4.69) is 56.8 Å². The quantitative estimate of drug-likeness (QED) is 0.285. The molecule has 0 saturated heterocycles. The SMILES string of the molecule is C=CCCCCCCC1C(C)=C(OCC(=C)S)C2=CCCC=C2N1C. The van der Waals surface area contributed by atoms with Gasteiger partial charge < -0.3 is 9.64 Å². The lowest BCUT2D eigenvalue weighted by Gasteiger charge is -2.41. The molecule has 0 aromatic carbocycles. The molecule has 0 amide bonds. The van der Waals surface area contributed by atoms with Crippen LogP contribution >= 0.6 is 12.6 Å². The van der Waals surface area contributed by atoms with Crippen molar-refractivity contribution in [3.05, 3.63) is 58.9 Å². The van der Waals surface area contributed by atoms with Crippen LogP contribution in [0, 0.1) is 0 Å². The van der Waals surface area contributed by atoms with E-state index in [1.807, 2.05) is 6.08 Å². The van der Waals surface area contributed by atoms with Gasteiger partial charge in [0.15, 0.2) is 0 Å². The molecule has 2 rings (SSSR count). The molecule has 1 aliphatic carbocycles. The Kier molecular flexibility index (Phi) is 7.95. The fraction of sp³-hybridized carbons (Fsp3) is 0.545. The number of thiol groups is 1. The van der Waals surface area contributed by atoms with Crippen molar-refractivity contribution >= 4 is 12.6 Å². The van der Waals surface area contributed by atoms with E-state index in [9.17, 15) is 0 Å². The summed E-state index contributed by atoms with van der Waals surface area (Å²) in [5.41, 5.74) is 3.92. The number of likely N-dealkylation sites (N-methyl/N-ethyl adjacent to an activating group) is 1. The summed E-state index contributed by atoms with van der Waals surface area (Å²) in [4.78, 5) is 3.21. The molecule has 2 aliphatic rings. The first kappa shape index (κ1) is 20.0. The van der Waals surface area contributed by atoms with Crippen LogP contribution < -0.4 is 0 Å². The third-order valence-electron chi connectivity index (χ3n) is 5.10. The van der Waals surface area contributed by atoms with Gasteiger partial charge in [-0.2, -0.15) is 0 Å². The van der Waals surface area contributed by atoms with Crippen LogP contribution in [0.25, 0.3) is 0 Å². The summed E-state index contributed by atoms with van der Waals surface area (Å²) < 4.78 is 6.12. The average Bonchev–Trinajstić information content (AvgIpc) is 2.60. The second kappa shape index (κ2) is 9.96. The molecule has 138 valence electrons. The van der Waals surface area contributed by atoms with Gasteiger partial charge in [-0.3, -0.25) is 0 Å². The Labute approximate surface area is 159 Å². The van der Waals surface area contributed by atoms with E-state index in [4.69, 9.17) is 4.74 Å². The summed E-state index contributed by atoms with van der Waals surface area (Å²) in [5, 5.41) is 0. The molecule has 0 aromatic rings. The summed E-state index contributed by atoms with van der Waals surface area (Å²) in [7, 11) is 2.23. The molecule has 25 heavy (non-hydrogen) atoms. The summed E-state index contributed by atoms with van der Waals surface area (Å²) in [6.07, 6.45) is 16.3. The highest BCUT2D eigenvalue weighted by molar-refractivity contribution is 7.84. The number of fused-ring (bicyclic) bond motifs is 1. The molecule has 1 unspecified atom stereocenters. The minimum absolute atomic E-state index is 0.420. The number of ether oxygens (including phenoxy) is 1. The standard InChI is InChI=1S/C22H33NOS/c1-5-6-7-8-9-10-14-20-18(3)22(24-16-17(2)25)19-13-11-12-15-21(19)23(20)4/h5,13,15,20,25H,1-2,6-12,14,16H2,3-4H3. The molecule has 3 heteroatoms. The van der Waals surface area contributed by atoms with Gasteiger partial charge in [0.05, 0.1) is 6.04 Å². The van der Waals surface area contributed by atoms with Crippen molar-refractivity contribution in [2.45, 2.75) is 64.3 Å². The maximum Gasteiger partial charge on any atom is 0.129 e. The Morgan fingerprint density at radius 2 is 2.00 bits per heavy atom. The lowest BCUT2D eigenvalue weighted by Crippen LogP contribution is -2.38. The van der Waals surface area contributed by atoms with E-state index in [0.717, 1.165) is 29.9 Å². The fourth-order valence-corrected chi connectivity index (χ4v) is 3.83. The second-order valence-corrected chi connectivity index (χ2v) is 7.69. The monoisotopic (exact) mass is 359 g/mol. The third kappa shape index (κ3) is 5.31. The highest BCUT2D eigenvalue weighted by atomic mass is 32.1. The van der Waals surface area contributed by atoms with Gasteiger partial charge in [0, 0.05) is 23.2 Å². The van der Waals surface area contributed by atoms with Crippen LogP contribution in [0.1, 0.15) is 58.3 Å². The zero-order valence-corrected chi connectivity index (χ0v) is 16.8. The Balaban J connectivity index is 2.09. The lowest BCUT2D eigenvalue weighted by molar-refractivity contribution is 0.217. The van der Waals surface area contributed by atoms with Gasteiger partial charge in [-0.05, 0) is 44.6 Å². The zero-order valence-electron chi connectivity index (χ0n) is 15.9. The number of nitrogens with zero attached hydrogens (tertiary/aromatic N) is 1. The van der Waals surface area contributed by atoms with Crippen molar-refractivity contribution in [3.8, 4) is 0 Å². The smallest absolute Gasteiger partial charge is 0.129 e. The van der Waals surface area contributed by atoms with E-state index in [1.165, 1.54) is 48.9 Å². The number of allylic oxidation sites excluding steroid dienone is 3. The van der Waals surface area contributed by atoms with Crippen molar-refractivity contribution in [1.29, 1.82) is 0 Å². The highest BCUT2D eigenvalue weighted by Crippen LogP contribution is 2.39. The maximum atomic E-state index is 6.12. The molecule has 0 saturated carbocycles. The second-order valence-electron chi connectivity index (χ2n) is 7.06. The molecule has 0 N–H and O–H groups in total. The summed E-state index contributed by atoms with van der Waals surface area (Å²) in [5.74, 6) is 1.05. The van der Waals surface area contributed by atoms with Crippen LogP contribution in [0.15, 0.2) is 58.9 Å². The van der Waals surface area contributed by atoms with Crippen molar-refractivity contribution < 1.29 is 4.74 Å². The summed E-state index contributed by atoms with van der Waals surface area (Å²) >= 11 is 4.29. The van der Waals surface area contributed by atoms with Gasteiger partial charge in [-0.25, -0.2) is 0 Å². The Bertz CT molecular complexity index is 585. The molecular weight excluding hydrogens is 326 g/mol. The van der Waals surface area contributed by atoms with Gasteiger partial charge in [-0.1, -0.05) is 44.1 Å². The van der Waals surface area contributed by atoms with Crippen LogP contribution in [-0.4, -0.2) is 24.6 Å². The minimum Gasteiger partial charge on any atom is -0.488 e. The van der Waals surface area contributed by atoms with E-state index in [0.29, 0.717) is 12.6 Å². The van der Waals surface area contributed by atoms with Gasteiger partial charge >= 0.3 is 0 Å². The Morgan fingerprint density at radius 1 is 1.28 bits per heavy atom. The van der Waals surface area contributed by atoms with Crippen LogP contribution in [0.2, 0.25) is 0 Å². The van der Waals surface area contributed by atoms with Crippen LogP contribution in [0.4, 0.5) is 0 Å². The summed E-state index contributed by atoms with van der Waals surface area (Å²) in [6.45, 7) is 10.3. The van der Waals surface area contributed by atoms with E-state index in [1.54, 1.807) is 0 Å². The topological polar surface area (TPSA) is 12.5 Å². The van der Waals surface area contributed by atoms with Gasteiger partial charge in [0.1, 0.15) is 12.4 Å². The Hall–Kier alpha value is -1.35. The van der Waals surface area contributed by atoms with Gasteiger partial charge in [-0.15, -0.1) is 19.2 Å². The van der Waals surface area contributed by atoms with E-state index >= 15 is 0 Å². The van der Waals surface area contributed by atoms with Crippen LogP contribution in [0.5, 0.6) is 0 Å². The van der Waals surface area contributed by atoms with Crippen molar-refractivity contribution in [2.75, 3.05) is 13.7 Å². The minimum atomic E-state index is 0.420. The maximum absolute atomic E-state index is 6.12. The molecular formula is C22H33NOS. The average molecular weight is 360 g/mol. The molecule has 0 spiro atoms. The predicted octanol–water partition coefficient (Wildman–Crippen LogP) is 6.17. The number of hydrogen-bond acceptors (Lipinski definition) is 3. The predicted molar refractivity (Wildman–Crippen MR) is 112 cm³/mol. The van der Waals surface area contributed by atoms with Gasteiger partial charge in [0.2, 0.25) is 0 Å². The molecule has 1 atom stereocenters. The Morgan fingerprint density at radius 3 is 2.72 bits per heavy atom.